The summed E-state index contributed by atoms with van der Waals surface area (Å²) in [6.07, 6.45) is -3.78. The van der Waals surface area contributed by atoms with Crippen molar-refractivity contribution in [1.29, 1.82) is 0 Å². The van der Waals surface area contributed by atoms with E-state index in [9.17, 15) is 22.4 Å². The lowest BCUT2D eigenvalue weighted by atomic mass is 10.2. The van der Waals surface area contributed by atoms with Crippen molar-refractivity contribution in [2.24, 2.45) is 0 Å². The molecule has 1 atom stereocenters. The average Bonchev–Trinajstić information content (AvgIpc) is 3.20. The summed E-state index contributed by atoms with van der Waals surface area (Å²) in [6.45, 7) is -1.36. The number of aromatic nitrogens is 2. The lowest BCUT2D eigenvalue weighted by Gasteiger charge is -2.34. The van der Waals surface area contributed by atoms with Crippen LogP contribution in [0.25, 0.3) is 0 Å². The molecule has 0 saturated carbocycles. The average molecular weight is 512 g/mol. The monoisotopic (exact) mass is 511 g/mol. The van der Waals surface area contributed by atoms with Gasteiger partial charge >= 0.3 is 12.4 Å². The van der Waals surface area contributed by atoms with Gasteiger partial charge in [-0.3, -0.25) is 14.4 Å². The second kappa shape index (κ2) is 11.1. The van der Waals surface area contributed by atoms with Gasteiger partial charge in [-0.15, -0.1) is 18.3 Å². The molecule has 33 heavy (non-hydrogen) atoms. The topological polar surface area (TPSA) is 99.0 Å². The van der Waals surface area contributed by atoms with E-state index < -0.39 is 34.4 Å². The predicted octanol–water partition coefficient (Wildman–Crippen LogP) is 2.88. The first-order chi connectivity index (χ1) is 15.6. The number of nitrogens with zero attached hydrogens (tertiary/aromatic N) is 3. The fourth-order valence-corrected chi connectivity index (χ4v) is 5.47. The number of benzene rings is 1. The molecule has 3 rings (SSSR count). The Balaban J connectivity index is 1.41. The number of carbonyl (C=O) groups is 1. The Labute approximate surface area is 192 Å². The van der Waals surface area contributed by atoms with Gasteiger partial charge in [-0.1, -0.05) is 16.7 Å². The summed E-state index contributed by atoms with van der Waals surface area (Å²) in [5.74, 6) is -0.486. The van der Waals surface area contributed by atoms with Gasteiger partial charge in [-0.05, 0) is 31.6 Å². The fourth-order valence-electron chi connectivity index (χ4n) is 3.08. The number of nitrogens with one attached hydrogen (secondary N) is 1. The molecule has 0 spiro atoms. The van der Waals surface area contributed by atoms with E-state index in [1.54, 1.807) is 0 Å². The van der Waals surface area contributed by atoms with Gasteiger partial charge in [0.2, 0.25) is 11.8 Å². The van der Waals surface area contributed by atoms with Crippen LogP contribution in [-0.2, 0) is 9.53 Å². The Morgan fingerprint density at radius 2 is 2.12 bits per heavy atom. The van der Waals surface area contributed by atoms with Crippen molar-refractivity contribution < 1.29 is 41.0 Å². The number of amides is 1. The molecule has 1 radical (unpaired) electrons. The maximum absolute atomic E-state index is 13.4. The first-order valence-corrected chi connectivity index (χ1v) is 12.0. The van der Waals surface area contributed by atoms with Crippen molar-refractivity contribution in [3.8, 4) is 11.8 Å². The zero-order valence-electron chi connectivity index (χ0n) is 17.3. The van der Waals surface area contributed by atoms with Crippen LogP contribution < -0.4 is 14.5 Å². The van der Waals surface area contributed by atoms with E-state index >= 15 is 0 Å². The fraction of sp³-hybridized carbons (Fsp3) is 0.500. The highest BCUT2D eigenvalue weighted by molar-refractivity contribution is 6.59. The zero-order chi connectivity index (χ0) is 24.0. The SMILES string of the molecule is CN1C[Si](NC(=O)COc2ccc(Cl)c(F)c2)CC[C@@H]1c1nnc(OCCOC(F)(F)F)o1. The molecule has 0 bridgehead atoms. The molecule has 181 valence electrons. The molecule has 1 saturated heterocycles. The standard InChI is InChI=1S/C18H20ClF4N4O5Si/c1-27-10-33(26-15(28)9-30-11-2-3-12(19)13(20)8-11)7-4-14(27)16-24-25-17(32-16)29-5-6-31-18(21,22)23/h2-3,8,14H,4-7,9-10H2,1H3,(H,26,28)/t14-/m1/s1. The van der Waals surface area contributed by atoms with Crippen molar-refractivity contribution in [2.75, 3.05) is 33.0 Å². The van der Waals surface area contributed by atoms with Gasteiger partial charge in [0, 0.05) is 12.2 Å². The number of hydrogen-bond acceptors (Lipinski definition) is 8. The van der Waals surface area contributed by atoms with Crippen molar-refractivity contribution in [3.05, 3.63) is 34.9 Å². The van der Waals surface area contributed by atoms with Gasteiger partial charge in [-0.2, -0.15) is 0 Å². The molecular formula is C18H20ClF4N4O5Si. The Kier molecular flexibility index (Phi) is 8.50. The van der Waals surface area contributed by atoms with Crippen LogP contribution in [0.5, 0.6) is 11.8 Å². The molecule has 1 fully saturated rings. The van der Waals surface area contributed by atoms with Crippen molar-refractivity contribution in [1.82, 2.24) is 20.1 Å². The van der Waals surface area contributed by atoms with E-state index in [1.807, 2.05) is 11.9 Å². The summed E-state index contributed by atoms with van der Waals surface area (Å²) in [7, 11) is 0.558. The number of ether oxygens (including phenoxy) is 3. The van der Waals surface area contributed by atoms with Crippen LogP contribution in [0, 0.1) is 5.82 Å². The molecule has 9 nitrogen and oxygen atoms in total. The van der Waals surface area contributed by atoms with Gasteiger partial charge in [-0.25, -0.2) is 4.39 Å². The molecule has 2 heterocycles. The van der Waals surface area contributed by atoms with Crippen LogP contribution in [0.15, 0.2) is 22.6 Å². The molecule has 1 aromatic carbocycles. The Hall–Kier alpha value is -2.42. The van der Waals surface area contributed by atoms with Gasteiger partial charge in [0.15, 0.2) is 15.6 Å². The Morgan fingerprint density at radius 3 is 2.82 bits per heavy atom. The minimum absolute atomic E-state index is 0.0348. The number of alkyl halides is 3. The van der Waals surface area contributed by atoms with E-state index in [0.717, 1.165) is 6.07 Å². The second-order valence-corrected chi connectivity index (χ2v) is 9.72. The maximum Gasteiger partial charge on any atom is 0.522 e. The van der Waals surface area contributed by atoms with Crippen molar-refractivity contribution in [3.63, 3.8) is 0 Å². The van der Waals surface area contributed by atoms with E-state index in [1.165, 1.54) is 12.1 Å². The second-order valence-electron chi connectivity index (χ2n) is 7.03. The zero-order valence-corrected chi connectivity index (χ0v) is 19.1. The number of carbonyl (C=O) groups excluding carboxylic acids is 1. The Morgan fingerprint density at radius 1 is 1.33 bits per heavy atom. The smallest absolute Gasteiger partial charge is 0.484 e. The van der Waals surface area contributed by atoms with Gasteiger partial charge < -0.3 is 18.9 Å². The minimum Gasteiger partial charge on any atom is -0.484 e. The van der Waals surface area contributed by atoms with Gasteiger partial charge in [0.25, 0.3) is 0 Å². The van der Waals surface area contributed by atoms with Crippen LogP contribution in [0.1, 0.15) is 18.4 Å². The van der Waals surface area contributed by atoms with Crippen LogP contribution in [0.3, 0.4) is 0 Å². The molecule has 1 aliphatic heterocycles. The first-order valence-electron chi connectivity index (χ1n) is 9.70. The summed E-state index contributed by atoms with van der Waals surface area (Å²) in [5.41, 5.74) is 0. The molecule has 1 aromatic heterocycles. The third kappa shape index (κ3) is 7.84. The first kappa shape index (κ1) is 25.2. The molecule has 0 unspecified atom stereocenters. The summed E-state index contributed by atoms with van der Waals surface area (Å²) < 4.78 is 68.5. The largest absolute Gasteiger partial charge is 0.522 e. The quantitative estimate of drug-likeness (QED) is 0.312. The third-order valence-electron chi connectivity index (χ3n) is 4.55. The minimum atomic E-state index is -4.73. The highest BCUT2D eigenvalue weighted by Gasteiger charge is 2.33. The molecule has 1 aliphatic rings. The summed E-state index contributed by atoms with van der Waals surface area (Å²) in [4.78, 5) is 17.1. The molecule has 1 amide bonds. The van der Waals surface area contributed by atoms with E-state index in [-0.39, 0.29) is 41.3 Å². The third-order valence-corrected chi connectivity index (χ3v) is 7.26. The van der Waals surface area contributed by atoms with Crippen LogP contribution in [0.4, 0.5) is 17.6 Å². The van der Waals surface area contributed by atoms with E-state index in [2.05, 4.69) is 19.9 Å². The molecular weight excluding hydrogens is 492 g/mol. The van der Waals surface area contributed by atoms with Crippen LogP contribution >= 0.6 is 11.6 Å². The Bertz CT molecular complexity index is 951. The van der Waals surface area contributed by atoms with Crippen LogP contribution in [-0.4, -0.2) is 69.4 Å². The predicted molar refractivity (Wildman–Crippen MR) is 107 cm³/mol. The number of halogens is 5. The highest BCUT2D eigenvalue weighted by atomic mass is 35.5. The van der Waals surface area contributed by atoms with Crippen LogP contribution in [0.2, 0.25) is 11.1 Å². The van der Waals surface area contributed by atoms with E-state index in [4.69, 9.17) is 25.5 Å². The molecule has 1 N–H and O–H groups in total. The van der Waals surface area contributed by atoms with E-state index in [0.29, 0.717) is 18.6 Å². The summed E-state index contributed by atoms with van der Waals surface area (Å²) >= 11 is 5.61. The number of hydrogen-bond donors (Lipinski definition) is 1. The van der Waals surface area contributed by atoms with Crippen molar-refractivity contribution >= 4 is 26.5 Å². The normalized spacial score (nSPS) is 17.7. The summed E-state index contributed by atoms with van der Waals surface area (Å²) in [6, 6.07) is 4.41. The highest BCUT2D eigenvalue weighted by Crippen LogP contribution is 2.29. The lowest BCUT2D eigenvalue weighted by molar-refractivity contribution is -0.325. The maximum atomic E-state index is 13.4. The summed E-state index contributed by atoms with van der Waals surface area (Å²) in [5, 5.41) is 7.54. The van der Waals surface area contributed by atoms with Gasteiger partial charge in [0.05, 0.1) is 17.7 Å². The molecule has 15 heteroatoms. The molecule has 2 aromatic rings. The van der Waals surface area contributed by atoms with Crippen molar-refractivity contribution in [2.45, 2.75) is 24.9 Å². The van der Waals surface area contributed by atoms with Gasteiger partial charge in [0.1, 0.15) is 18.2 Å². The lowest BCUT2D eigenvalue weighted by Crippen LogP contribution is -2.52. The molecule has 0 aliphatic carbocycles. The number of rotatable bonds is 9.